The summed E-state index contributed by atoms with van der Waals surface area (Å²) >= 11 is 0. The second kappa shape index (κ2) is 3.59. The Morgan fingerprint density at radius 3 is 2.71 bits per heavy atom. The van der Waals surface area contributed by atoms with E-state index in [2.05, 4.69) is 9.97 Å². The largest absolute Gasteiger partial charge is 0.495 e. The first kappa shape index (κ1) is 9.84. The van der Waals surface area contributed by atoms with Crippen molar-refractivity contribution in [2.24, 2.45) is 0 Å². The Kier molecular flexibility index (Phi) is 2.08. The zero-order valence-corrected chi connectivity index (χ0v) is 9.34. The lowest BCUT2D eigenvalue weighted by molar-refractivity contribution is 0.417. The van der Waals surface area contributed by atoms with Gasteiger partial charge in [0.2, 0.25) is 0 Å². The van der Waals surface area contributed by atoms with Crippen LogP contribution in [0.25, 0.3) is 21.7 Å². The molecule has 0 saturated carbocycles. The molecule has 0 unspecified atom stereocenters. The second-order valence-corrected chi connectivity index (χ2v) is 3.80. The van der Waals surface area contributed by atoms with Crippen molar-refractivity contribution < 1.29 is 4.74 Å². The number of ether oxygens (including phenoxy) is 1. The third-order valence-corrected chi connectivity index (χ3v) is 2.91. The highest BCUT2D eigenvalue weighted by Crippen LogP contribution is 2.33. The lowest BCUT2D eigenvalue weighted by Crippen LogP contribution is -1.94. The minimum absolute atomic E-state index is 0.649. The number of fused-ring (bicyclic) bond motifs is 3. The van der Waals surface area contributed by atoms with Crippen LogP contribution in [0.2, 0.25) is 0 Å². The predicted octanol–water partition coefficient (Wildman–Crippen LogP) is 2.37. The Hall–Kier alpha value is -2.36. The number of aromatic nitrogens is 2. The fourth-order valence-corrected chi connectivity index (χ4v) is 2.05. The van der Waals surface area contributed by atoms with Crippen LogP contribution in [-0.2, 0) is 0 Å². The van der Waals surface area contributed by atoms with Crippen molar-refractivity contribution in [3.8, 4) is 5.75 Å². The number of nitrogens with two attached hydrogens (primary N) is 1. The number of hydrogen-bond acceptors (Lipinski definition) is 4. The van der Waals surface area contributed by atoms with Gasteiger partial charge in [-0.3, -0.25) is 0 Å². The SMILES string of the molecule is COc1ccc2c(ccc3ncncc32)c1N. The van der Waals surface area contributed by atoms with Crippen LogP contribution in [0, 0.1) is 0 Å². The summed E-state index contributed by atoms with van der Waals surface area (Å²) in [7, 11) is 1.61. The zero-order chi connectivity index (χ0) is 11.8. The summed E-state index contributed by atoms with van der Waals surface area (Å²) in [6.07, 6.45) is 3.34. The molecule has 3 aromatic rings. The molecule has 0 atom stereocenters. The van der Waals surface area contributed by atoms with E-state index < -0.39 is 0 Å². The Morgan fingerprint density at radius 2 is 1.88 bits per heavy atom. The number of methoxy groups -OCH3 is 1. The van der Waals surface area contributed by atoms with E-state index in [1.807, 2.05) is 24.3 Å². The molecule has 0 saturated heterocycles. The van der Waals surface area contributed by atoms with Crippen molar-refractivity contribution >= 4 is 27.4 Å². The maximum Gasteiger partial charge on any atom is 0.142 e. The van der Waals surface area contributed by atoms with Gasteiger partial charge in [-0.1, -0.05) is 0 Å². The molecule has 0 spiro atoms. The van der Waals surface area contributed by atoms with E-state index in [1.165, 1.54) is 0 Å². The minimum atomic E-state index is 0.649. The van der Waals surface area contributed by atoms with E-state index in [4.69, 9.17) is 10.5 Å². The average Bonchev–Trinajstić information content (AvgIpc) is 2.39. The normalized spacial score (nSPS) is 10.9. The van der Waals surface area contributed by atoms with E-state index in [1.54, 1.807) is 19.6 Å². The molecule has 0 radical (unpaired) electrons. The van der Waals surface area contributed by atoms with E-state index in [-0.39, 0.29) is 0 Å². The van der Waals surface area contributed by atoms with Crippen LogP contribution in [0.5, 0.6) is 5.75 Å². The van der Waals surface area contributed by atoms with Crippen molar-refractivity contribution in [3.63, 3.8) is 0 Å². The summed E-state index contributed by atoms with van der Waals surface area (Å²) in [5, 5.41) is 3.01. The summed E-state index contributed by atoms with van der Waals surface area (Å²) in [4.78, 5) is 8.27. The third-order valence-electron chi connectivity index (χ3n) is 2.91. The van der Waals surface area contributed by atoms with Crippen molar-refractivity contribution in [3.05, 3.63) is 36.8 Å². The molecule has 0 aliphatic carbocycles. The van der Waals surface area contributed by atoms with Crippen LogP contribution < -0.4 is 10.5 Å². The Morgan fingerprint density at radius 1 is 1.06 bits per heavy atom. The van der Waals surface area contributed by atoms with E-state index >= 15 is 0 Å². The van der Waals surface area contributed by atoms with Gasteiger partial charge in [-0.25, -0.2) is 9.97 Å². The standard InChI is InChI=1S/C13H11N3O/c1-17-12-5-3-8-9(13(12)14)2-4-11-10(8)6-15-7-16-11/h2-7H,14H2,1H3. The quantitative estimate of drug-likeness (QED) is 0.510. The van der Waals surface area contributed by atoms with E-state index in [0.29, 0.717) is 11.4 Å². The Bertz CT molecular complexity index is 709. The van der Waals surface area contributed by atoms with Gasteiger partial charge in [-0.2, -0.15) is 0 Å². The van der Waals surface area contributed by atoms with Gasteiger partial charge in [0.15, 0.2) is 0 Å². The van der Waals surface area contributed by atoms with Crippen LogP contribution >= 0.6 is 0 Å². The smallest absolute Gasteiger partial charge is 0.142 e. The summed E-state index contributed by atoms with van der Waals surface area (Å²) in [6, 6.07) is 7.75. The van der Waals surface area contributed by atoms with Crippen LogP contribution in [0.4, 0.5) is 5.69 Å². The molecule has 1 aromatic heterocycles. The van der Waals surface area contributed by atoms with Gasteiger partial charge in [0.25, 0.3) is 0 Å². The Balaban J connectivity index is 2.49. The molecule has 0 aliphatic rings. The fraction of sp³-hybridized carbons (Fsp3) is 0.0769. The van der Waals surface area contributed by atoms with E-state index in [9.17, 15) is 0 Å². The number of rotatable bonds is 1. The van der Waals surface area contributed by atoms with Crippen LogP contribution in [-0.4, -0.2) is 17.1 Å². The summed E-state index contributed by atoms with van der Waals surface area (Å²) in [5.74, 6) is 0.689. The zero-order valence-electron chi connectivity index (χ0n) is 9.34. The first-order valence-corrected chi connectivity index (χ1v) is 5.26. The monoisotopic (exact) mass is 225 g/mol. The molecule has 2 N–H and O–H groups in total. The highest BCUT2D eigenvalue weighted by atomic mass is 16.5. The summed E-state index contributed by atoms with van der Waals surface area (Å²) in [5.41, 5.74) is 7.62. The molecule has 3 rings (SSSR count). The molecule has 2 aromatic carbocycles. The average molecular weight is 225 g/mol. The molecule has 1 heterocycles. The lowest BCUT2D eigenvalue weighted by atomic mass is 10.0. The number of nitrogen functional groups attached to an aromatic ring is 1. The molecule has 0 bridgehead atoms. The van der Waals surface area contributed by atoms with E-state index in [0.717, 1.165) is 21.7 Å². The van der Waals surface area contributed by atoms with Crippen LogP contribution in [0.1, 0.15) is 0 Å². The number of benzene rings is 2. The highest BCUT2D eigenvalue weighted by Gasteiger charge is 2.07. The van der Waals surface area contributed by atoms with Crippen LogP contribution in [0.3, 0.4) is 0 Å². The van der Waals surface area contributed by atoms with Crippen molar-refractivity contribution in [2.45, 2.75) is 0 Å². The van der Waals surface area contributed by atoms with Gasteiger partial charge < -0.3 is 10.5 Å². The second-order valence-electron chi connectivity index (χ2n) is 3.80. The first-order valence-electron chi connectivity index (χ1n) is 5.26. The molecule has 4 nitrogen and oxygen atoms in total. The first-order chi connectivity index (χ1) is 8.31. The minimum Gasteiger partial charge on any atom is -0.495 e. The lowest BCUT2D eigenvalue weighted by Gasteiger charge is -2.09. The van der Waals surface area contributed by atoms with Crippen molar-refractivity contribution in [1.82, 2.24) is 9.97 Å². The van der Waals surface area contributed by atoms with Gasteiger partial charge in [0.1, 0.15) is 12.1 Å². The maximum atomic E-state index is 6.05. The topological polar surface area (TPSA) is 61.0 Å². The fourth-order valence-electron chi connectivity index (χ4n) is 2.05. The molecule has 17 heavy (non-hydrogen) atoms. The van der Waals surface area contributed by atoms with Crippen molar-refractivity contribution in [1.29, 1.82) is 0 Å². The molecule has 0 fully saturated rings. The van der Waals surface area contributed by atoms with Gasteiger partial charge in [0, 0.05) is 17.0 Å². The number of nitrogens with zero attached hydrogens (tertiary/aromatic N) is 2. The maximum absolute atomic E-state index is 6.05. The number of anilines is 1. The molecular formula is C13H11N3O. The summed E-state index contributed by atoms with van der Waals surface area (Å²) < 4.78 is 5.21. The highest BCUT2D eigenvalue weighted by molar-refractivity contribution is 6.10. The molecule has 0 amide bonds. The molecule has 4 heteroatoms. The van der Waals surface area contributed by atoms with Crippen LogP contribution in [0.15, 0.2) is 36.8 Å². The van der Waals surface area contributed by atoms with Gasteiger partial charge >= 0.3 is 0 Å². The molecule has 84 valence electrons. The third kappa shape index (κ3) is 1.38. The Labute approximate surface area is 98.1 Å². The predicted molar refractivity (Wildman–Crippen MR) is 68.0 cm³/mol. The number of hydrogen-bond donors (Lipinski definition) is 1. The van der Waals surface area contributed by atoms with Gasteiger partial charge in [0.05, 0.1) is 18.3 Å². The molecular weight excluding hydrogens is 214 g/mol. The summed E-state index contributed by atoms with van der Waals surface area (Å²) in [6.45, 7) is 0. The van der Waals surface area contributed by atoms with Gasteiger partial charge in [-0.05, 0) is 29.7 Å². The van der Waals surface area contributed by atoms with Gasteiger partial charge in [-0.15, -0.1) is 0 Å². The van der Waals surface area contributed by atoms with Crippen molar-refractivity contribution in [2.75, 3.05) is 12.8 Å². The molecule has 0 aliphatic heterocycles.